The average molecular weight is 306 g/mol. The number of nitrogens with one attached hydrogen (secondary N) is 1. The molecule has 0 aromatic carbocycles. The van der Waals surface area contributed by atoms with Gasteiger partial charge in [-0.1, -0.05) is 0 Å². The number of hydrogen-bond donors (Lipinski definition) is 1. The summed E-state index contributed by atoms with van der Waals surface area (Å²) in [6.45, 7) is 2.66. The minimum atomic E-state index is -2.96. The monoisotopic (exact) mass is 306 g/mol. The van der Waals surface area contributed by atoms with Gasteiger partial charge in [0.1, 0.15) is 15.4 Å². The standard InChI is InChI=1S/C13H26N2O4S/c1-5-19-12(16)13(14-2)7-6-11(10-13)15(3)8-9-20(4,17)18/h11,14H,5-10H2,1-4H3. The van der Waals surface area contributed by atoms with E-state index in [1.54, 1.807) is 14.0 Å². The number of hydrogen-bond acceptors (Lipinski definition) is 6. The van der Waals surface area contributed by atoms with Crippen molar-refractivity contribution in [1.29, 1.82) is 0 Å². The summed E-state index contributed by atoms with van der Waals surface area (Å²) < 4.78 is 27.6. The molecule has 1 N–H and O–H groups in total. The van der Waals surface area contributed by atoms with E-state index in [4.69, 9.17) is 4.74 Å². The van der Waals surface area contributed by atoms with E-state index in [2.05, 4.69) is 5.32 Å². The molecule has 1 aliphatic rings. The molecule has 0 amide bonds. The lowest BCUT2D eigenvalue weighted by Gasteiger charge is -2.29. The van der Waals surface area contributed by atoms with Gasteiger partial charge in [-0.25, -0.2) is 8.42 Å². The molecule has 0 aliphatic heterocycles. The first-order chi connectivity index (χ1) is 9.24. The number of likely N-dealkylation sites (N-methyl/N-ethyl adjacent to an activating group) is 1. The van der Waals surface area contributed by atoms with Gasteiger partial charge in [-0.05, 0) is 40.3 Å². The fraction of sp³-hybridized carbons (Fsp3) is 0.923. The molecule has 0 radical (unpaired) electrons. The zero-order chi connectivity index (χ0) is 15.4. The van der Waals surface area contributed by atoms with E-state index in [-0.39, 0.29) is 17.8 Å². The van der Waals surface area contributed by atoms with Crippen LogP contribution in [0.2, 0.25) is 0 Å². The predicted molar refractivity (Wildman–Crippen MR) is 78.4 cm³/mol. The minimum absolute atomic E-state index is 0.145. The van der Waals surface area contributed by atoms with Crippen LogP contribution in [0.3, 0.4) is 0 Å². The smallest absolute Gasteiger partial charge is 0.326 e. The maximum atomic E-state index is 12.1. The van der Waals surface area contributed by atoms with Crippen LogP contribution in [0.25, 0.3) is 0 Å². The Balaban J connectivity index is 2.62. The first kappa shape index (κ1) is 17.4. The van der Waals surface area contributed by atoms with Crippen LogP contribution in [0.15, 0.2) is 0 Å². The summed E-state index contributed by atoms with van der Waals surface area (Å²) in [6.07, 6.45) is 3.48. The first-order valence-electron chi connectivity index (χ1n) is 6.98. The van der Waals surface area contributed by atoms with Gasteiger partial charge in [0, 0.05) is 18.8 Å². The van der Waals surface area contributed by atoms with Crippen LogP contribution in [-0.4, -0.2) is 70.1 Å². The highest BCUT2D eigenvalue weighted by molar-refractivity contribution is 7.90. The number of nitrogens with zero attached hydrogens (tertiary/aromatic N) is 1. The van der Waals surface area contributed by atoms with Crippen molar-refractivity contribution in [1.82, 2.24) is 10.2 Å². The van der Waals surface area contributed by atoms with Crippen molar-refractivity contribution in [3.05, 3.63) is 0 Å². The third-order valence-electron chi connectivity index (χ3n) is 4.07. The molecule has 7 heteroatoms. The van der Waals surface area contributed by atoms with Crippen molar-refractivity contribution in [2.24, 2.45) is 0 Å². The van der Waals surface area contributed by atoms with E-state index in [1.165, 1.54) is 6.26 Å². The van der Waals surface area contributed by atoms with Crippen LogP contribution in [0.1, 0.15) is 26.2 Å². The Labute approximate surface area is 121 Å². The first-order valence-corrected chi connectivity index (χ1v) is 9.04. The summed E-state index contributed by atoms with van der Waals surface area (Å²) in [4.78, 5) is 14.1. The van der Waals surface area contributed by atoms with E-state index in [0.29, 0.717) is 19.6 Å². The number of rotatable bonds is 7. The molecule has 1 rings (SSSR count). The lowest BCUT2D eigenvalue weighted by Crippen LogP contribution is -2.50. The topological polar surface area (TPSA) is 75.7 Å². The molecule has 0 heterocycles. The van der Waals surface area contributed by atoms with E-state index in [1.807, 2.05) is 11.9 Å². The largest absolute Gasteiger partial charge is 0.465 e. The molecule has 6 nitrogen and oxygen atoms in total. The normalized spacial score (nSPS) is 26.9. The third kappa shape index (κ3) is 4.43. The Morgan fingerprint density at radius 2 is 2.15 bits per heavy atom. The zero-order valence-corrected chi connectivity index (χ0v) is 13.6. The van der Waals surface area contributed by atoms with Crippen LogP contribution in [-0.2, 0) is 19.4 Å². The number of esters is 1. The van der Waals surface area contributed by atoms with Gasteiger partial charge in [-0.15, -0.1) is 0 Å². The summed E-state index contributed by atoms with van der Waals surface area (Å²) >= 11 is 0. The van der Waals surface area contributed by atoms with Crippen molar-refractivity contribution in [2.45, 2.75) is 37.8 Å². The third-order valence-corrected chi connectivity index (χ3v) is 5.00. The lowest BCUT2D eigenvalue weighted by atomic mass is 9.97. The second-order valence-corrected chi connectivity index (χ2v) is 7.82. The number of ether oxygens (including phenoxy) is 1. The molecule has 118 valence electrons. The van der Waals surface area contributed by atoms with Gasteiger partial charge in [0.15, 0.2) is 0 Å². The molecule has 2 unspecified atom stereocenters. The maximum absolute atomic E-state index is 12.1. The van der Waals surface area contributed by atoms with Crippen LogP contribution in [0, 0.1) is 0 Å². The van der Waals surface area contributed by atoms with Gasteiger partial charge in [-0.3, -0.25) is 4.79 Å². The SMILES string of the molecule is CCOC(=O)C1(NC)CCC(N(C)CCS(C)(=O)=O)C1. The Morgan fingerprint density at radius 3 is 2.65 bits per heavy atom. The van der Waals surface area contributed by atoms with Crippen LogP contribution in [0.5, 0.6) is 0 Å². The molecule has 0 aromatic rings. The summed E-state index contributed by atoms with van der Waals surface area (Å²) in [7, 11) is 0.726. The van der Waals surface area contributed by atoms with Crippen molar-refractivity contribution in [3.8, 4) is 0 Å². The molecule has 0 bridgehead atoms. The molecule has 0 aromatic heterocycles. The summed E-state index contributed by atoms with van der Waals surface area (Å²) in [5.41, 5.74) is -0.625. The number of carbonyl (C=O) groups is 1. The van der Waals surface area contributed by atoms with Crippen LogP contribution >= 0.6 is 0 Å². The Morgan fingerprint density at radius 1 is 1.50 bits per heavy atom. The molecule has 1 fully saturated rings. The average Bonchev–Trinajstić information content (AvgIpc) is 2.81. The fourth-order valence-corrected chi connectivity index (χ4v) is 3.29. The van der Waals surface area contributed by atoms with E-state index < -0.39 is 15.4 Å². The van der Waals surface area contributed by atoms with Crippen LogP contribution < -0.4 is 5.32 Å². The van der Waals surface area contributed by atoms with E-state index in [9.17, 15) is 13.2 Å². The second kappa shape index (κ2) is 6.87. The zero-order valence-electron chi connectivity index (χ0n) is 12.8. The molecule has 1 saturated carbocycles. The summed E-state index contributed by atoms with van der Waals surface area (Å²) in [5.74, 6) is -0.0621. The van der Waals surface area contributed by atoms with Crippen LogP contribution in [0.4, 0.5) is 0 Å². The van der Waals surface area contributed by atoms with Gasteiger partial charge in [0.2, 0.25) is 0 Å². The highest BCUT2D eigenvalue weighted by atomic mass is 32.2. The summed E-state index contributed by atoms with van der Waals surface area (Å²) in [6, 6.07) is 0.202. The molecule has 2 atom stereocenters. The van der Waals surface area contributed by atoms with Gasteiger partial charge >= 0.3 is 5.97 Å². The quantitative estimate of drug-likeness (QED) is 0.669. The van der Waals surface area contributed by atoms with E-state index in [0.717, 1.165) is 12.8 Å². The number of sulfone groups is 1. The van der Waals surface area contributed by atoms with Gasteiger partial charge in [0.25, 0.3) is 0 Å². The highest BCUT2D eigenvalue weighted by Crippen LogP contribution is 2.33. The lowest BCUT2D eigenvalue weighted by molar-refractivity contribution is -0.151. The van der Waals surface area contributed by atoms with Crippen molar-refractivity contribution in [2.75, 3.05) is 39.3 Å². The molecular formula is C13H26N2O4S. The van der Waals surface area contributed by atoms with Crippen molar-refractivity contribution in [3.63, 3.8) is 0 Å². The number of carbonyl (C=O) groups excluding carboxylic acids is 1. The molecule has 0 spiro atoms. The maximum Gasteiger partial charge on any atom is 0.326 e. The molecule has 1 aliphatic carbocycles. The van der Waals surface area contributed by atoms with Gasteiger partial charge in [-0.2, -0.15) is 0 Å². The van der Waals surface area contributed by atoms with Gasteiger partial charge in [0.05, 0.1) is 12.4 Å². The Kier molecular flexibility index (Phi) is 5.97. The van der Waals surface area contributed by atoms with E-state index >= 15 is 0 Å². The predicted octanol–water partition coefficient (Wildman–Crippen LogP) is 0.0366. The molecule has 0 saturated heterocycles. The Hall–Kier alpha value is -0.660. The molecular weight excluding hydrogens is 280 g/mol. The second-order valence-electron chi connectivity index (χ2n) is 5.56. The fourth-order valence-electron chi connectivity index (χ4n) is 2.67. The summed E-state index contributed by atoms with van der Waals surface area (Å²) in [5, 5.41) is 3.10. The highest BCUT2D eigenvalue weighted by Gasteiger charge is 2.46. The minimum Gasteiger partial charge on any atom is -0.465 e. The van der Waals surface area contributed by atoms with Gasteiger partial charge < -0.3 is 15.0 Å². The van der Waals surface area contributed by atoms with Crippen molar-refractivity contribution < 1.29 is 17.9 Å². The molecule has 20 heavy (non-hydrogen) atoms. The van der Waals surface area contributed by atoms with Crippen molar-refractivity contribution >= 4 is 15.8 Å². The Bertz CT molecular complexity index is 438.